The van der Waals surface area contributed by atoms with Gasteiger partial charge in [0.2, 0.25) is 5.90 Å². The Hall–Kier alpha value is -2.44. The van der Waals surface area contributed by atoms with Gasteiger partial charge in [-0.05, 0) is 48.5 Å². The summed E-state index contributed by atoms with van der Waals surface area (Å²) in [6, 6.07) is 18.8. The lowest BCUT2D eigenvalue weighted by Gasteiger charge is -1.98. The number of cyclic esters (lactones) is 1. The number of furan rings is 1. The lowest BCUT2D eigenvalue weighted by Crippen LogP contribution is -2.05. The van der Waals surface area contributed by atoms with Crippen LogP contribution in [0, 0.1) is 0 Å². The molecule has 26 heavy (non-hydrogen) atoms. The number of rotatable bonds is 3. The number of hydrogen-bond donors (Lipinski definition) is 0. The first kappa shape index (κ1) is 17.0. The molecule has 0 bridgehead atoms. The molecule has 0 radical (unpaired) electrons. The summed E-state index contributed by atoms with van der Waals surface area (Å²) in [5, 5.41) is 0. The number of carbonyl (C=O) groups is 1. The Bertz CT molecular complexity index is 1030. The van der Waals surface area contributed by atoms with Gasteiger partial charge in [0.05, 0.1) is 0 Å². The SMILES string of the molecule is O=C1OC(c2ccc(Br)cc2)=N/C1=C/c1ccc(-c2ccc(Br)cc2)o1. The molecule has 0 unspecified atom stereocenters. The zero-order valence-corrected chi connectivity index (χ0v) is 16.5. The quantitative estimate of drug-likeness (QED) is 0.356. The number of aliphatic imine (C=N–C) groups is 1. The standard InChI is InChI=1S/C20H11Br2NO3/c21-14-5-1-12(2-6-14)18-10-9-16(25-18)11-17-20(24)26-19(23-17)13-3-7-15(22)8-4-13/h1-11H/b17-11+. The van der Waals surface area contributed by atoms with Gasteiger partial charge in [-0.2, -0.15) is 0 Å². The normalized spacial score (nSPS) is 15.2. The molecule has 4 nitrogen and oxygen atoms in total. The van der Waals surface area contributed by atoms with Crippen molar-refractivity contribution in [2.24, 2.45) is 4.99 Å². The van der Waals surface area contributed by atoms with E-state index in [0.29, 0.717) is 11.5 Å². The molecule has 1 aliphatic heterocycles. The highest BCUT2D eigenvalue weighted by Crippen LogP contribution is 2.26. The van der Waals surface area contributed by atoms with Gasteiger partial charge in [0.15, 0.2) is 5.70 Å². The van der Waals surface area contributed by atoms with E-state index in [1.54, 1.807) is 12.1 Å². The van der Waals surface area contributed by atoms with Crippen LogP contribution in [0.1, 0.15) is 11.3 Å². The molecule has 0 atom stereocenters. The van der Waals surface area contributed by atoms with E-state index in [4.69, 9.17) is 9.15 Å². The average molecular weight is 473 g/mol. The van der Waals surface area contributed by atoms with E-state index in [9.17, 15) is 4.79 Å². The number of ether oxygens (including phenoxy) is 1. The van der Waals surface area contributed by atoms with Gasteiger partial charge < -0.3 is 9.15 Å². The molecule has 1 aliphatic rings. The van der Waals surface area contributed by atoms with Gasteiger partial charge in [-0.25, -0.2) is 9.79 Å². The summed E-state index contributed by atoms with van der Waals surface area (Å²) >= 11 is 6.78. The molecule has 0 fully saturated rings. The van der Waals surface area contributed by atoms with Gasteiger partial charge in [0.1, 0.15) is 11.5 Å². The molecule has 0 saturated carbocycles. The van der Waals surface area contributed by atoms with E-state index in [1.807, 2.05) is 54.6 Å². The molecule has 0 aliphatic carbocycles. The Balaban J connectivity index is 1.61. The topological polar surface area (TPSA) is 51.8 Å². The Morgan fingerprint density at radius 1 is 0.808 bits per heavy atom. The second-order valence-electron chi connectivity index (χ2n) is 5.55. The predicted molar refractivity (Wildman–Crippen MR) is 107 cm³/mol. The van der Waals surface area contributed by atoms with Crippen LogP contribution in [0.25, 0.3) is 17.4 Å². The fourth-order valence-corrected chi connectivity index (χ4v) is 2.99. The van der Waals surface area contributed by atoms with E-state index >= 15 is 0 Å². The highest BCUT2D eigenvalue weighted by Gasteiger charge is 2.24. The van der Waals surface area contributed by atoms with Crippen molar-refractivity contribution >= 4 is 49.8 Å². The second-order valence-corrected chi connectivity index (χ2v) is 7.38. The summed E-state index contributed by atoms with van der Waals surface area (Å²) in [5.41, 5.74) is 1.89. The minimum absolute atomic E-state index is 0.208. The molecule has 128 valence electrons. The highest BCUT2D eigenvalue weighted by atomic mass is 79.9. The van der Waals surface area contributed by atoms with Crippen molar-refractivity contribution in [1.29, 1.82) is 0 Å². The molecule has 6 heteroatoms. The molecular formula is C20H11Br2NO3. The monoisotopic (exact) mass is 471 g/mol. The van der Waals surface area contributed by atoms with E-state index in [2.05, 4.69) is 36.9 Å². The van der Waals surface area contributed by atoms with Crippen LogP contribution < -0.4 is 0 Å². The summed E-state index contributed by atoms with van der Waals surface area (Å²) < 4.78 is 13.0. The molecule has 1 aromatic heterocycles. The van der Waals surface area contributed by atoms with Crippen molar-refractivity contribution in [2.75, 3.05) is 0 Å². The van der Waals surface area contributed by atoms with Crippen LogP contribution in [0.5, 0.6) is 0 Å². The van der Waals surface area contributed by atoms with Gasteiger partial charge in [0.25, 0.3) is 0 Å². The van der Waals surface area contributed by atoms with Crippen LogP contribution in [0.4, 0.5) is 0 Å². The van der Waals surface area contributed by atoms with Crippen LogP contribution in [0.2, 0.25) is 0 Å². The van der Waals surface area contributed by atoms with Crippen LogP contribution in [-0.2, 0) is 9.53 Å². The van der Waals surface area contributed by atoms with Crippen molar-refractivity contribution in [3.05, 3.63) is 86.6 Å². The Morgan fingerprint density at radius 2 is 1.42 bits per heavy atom. The van der Waals surface area contributed by atoms with E-state index in [-0.39, 0.29) is 11.6 Å². The minimum Gasteiger partial charge on any atom is -0.457 e. The third kappa shape index (κ3) is 3.57. The molecule has 2 heterocycles. The minimum atomic E-state index is -0.496. The lowest BCUT2D eigenvalue weighted by molar-refractivity contribution is -0.129. The first-order valence-electron chi connectivity index (χ1n) is 7.73. The van der Waals surface area contributed by atoms with Gasteiger partial charge >= 0.3 is 5.97 Å². The highest BCUT2D eigenvalue weighted by molar-refractivity contribution is 9.10. The number of esters is 1. The molecule has 2 aromatic carbocycles. The summed E-state index contributed by atoms with van der Waals surface area (Å²) in [4.78, 5) is 16.4. The molecule has 3 aromatic rings. The van der Waals surface area contributed by atoms with Gasteiger partial charge in [-0.15, -0.1) is 0 Å². The van der Waals surface area contributed by atoms with Crippen LogP contribution in [0.3, 0.4) is 0 Å². The zero-order chi connectivity index (χ0) is 18.1. The van der Waals surface area contributed by atoms with Crippen molar-refractivity contribution in [3.8, 4) is 11.3 Å². The molecular weight excluding hydrogens is 462 g/mol. The second kappa shape index (κ2) is 7.05. The van der Waals surface area contributed by atoms with Crippen molar-refractivity contribution in [2.45, 2.75) is 0 Å². The fourth-order valence-electron chi connectivity index (χ4n) is 2.46. The largest absolute Gasteiger partial charge is 0.457 e. The Morgan fingerprint density at radius 3 is 2.08 bits per heavy atom. The third-order valence-electron chi connectivity index (χ3n) is 3.75. The molecule has 0 saturated heterocycles. The number of hydrogen-bond acceptors (Lipinski definition) is 4. The molecule has 0 spiro atoms. The molecule has 0 amide bonds. The number of nitrogens with zero attached hydrogens (tertiary/aromatic N) is 1. The third-order valence-corrected chi connectivity index (χ3v) is 4.80. The maximum Gasteiger partial charge on any atom is 0.363 e. The van der Waals surface area contributed by atoms with Gasteiger partial charge in [0, 0.05) is 26.1 Å². The fraction of sp³-hybridized carbons (Fsp3) is 0. The summed E-state index contributed by atoms with van der Waals surface area (Å²) in [6.45, 7) is 0. The van der Waals surface area contributed by atoms with Crippen LogP contribution in [0.15, 0.2) is 84.7 Å². The van der Waals surface area contributed by atoms with Gasteiger partial charge in [-0.3, -0.25) is 0 Å². The first-order chi connectivity index (χ1) is 12.6. The van der Waals surface area contributed by atoms with E-state index in [1.165, 1.54) is 0 Å². The Labute approximate surface area is 166 Å². The van der Waals surface area contributed by atoms with E-state index < -0.39 is 5.97 Å². The summed E-state index contributed by atoms with van der Waals surface area (Å²) in [5.74, 6) is 1.04. The predicted octanol–water partition coefficient (Wildman–Crippen LogP) is 5.82. The molecule has 4 rings (SSSR count). The maximum absolute atomic E-state index is 12.1. The smallest absolute Gasteiger partial charge is 0.363 e. The Kier molecular flexibility index (Phi) is 4.61. The van der Waals surface area contributed by atoms with Crippen molar-refractivity contribution < 1.29 is 13.9 Å². The summed E-state index contributed by atoms with van der Waals surface area (Å²) in [6.07, 6.45) is 1.58. The lowest BCUT2D eigenvalue weighted by atomic mass is 10.2. The number of benzene rings is 2. The van der Waals surface area contributed by atoms with Gasteiger partial charge in [-0.1, -0.05) is 44.0 Å². The van der Waals surface area contributed by atoms with E-state index in [0.717, 1.165) is 20.1 Å². The van der Waals surface area contributed by atoms with Crippen molar-refractivity contribution in [1.82, 2.24) is 0 Å². The number of carbonyl (C=O) groups excluding carboxylic acids is 1. The van der Waals surface area contributed by atoms with Crippen molar-refractivity contribution in [3.63, 3.8) is 0 Å². The average Bonchev–Trinajstić information content (AvgIpc) is 3.24. The van der Waals surface area contributed by atoms with Crippen LogP contribution in [-0.4, -0.2) is 11.9 Å². The maximum atomic E-state index is 12.1. The zero-order valence-electron chi connectivity index (χ0n) is 13.3. The molecule has 0 N–H and O–H groups in total. The summed E-state index contributed by atoms with van der Waals surface area (Å²) in [7, 11) is 0. The number of halogens is 2. The first-order valence-corrected chi connectivity index (χ1v) is 9.31. The van der Waals surface area contributed by atoms with Crippen LogP contribution >= 0.6 is 31.9 Å².